The maximum atomic E-state index is 13.0. The molecule has 0 bridgehead atoms. The molecule has 0 fully saturated rings. The molecule has 0 aliphatic heterocycles. The lowest BCUT2D eigenvalue weighted by atomic mass is 10.1. The zero-order valence-corrected chi connectivity index (χ0v) is 21.0. The fourth-order valence-corrected chi connectivity index (χ4v) is 3.74. The summed E-state index contributed by atoms with van der Waals surface area (Å²) >= 11 is 0. The van der Waals surface area contributed by atoms with E-state index >= 15 is 0 Å². The number of nitrogens with zero attached hydrogens (tertiary/aromatic N) is 2. The second-order valence-corrected chi connectivity index (χ2v) is 8.03. The molecule has 186 valence electrons. The number of benzene rings is 2. The largest absolute Gasteiger partial charge is 0.493 e. The Kier molecular flexibility index (Phi) is 8.35. The third-order valence-corrected chi connectivity index (χ3v) is 5.65. The van der Waals surface area contributed by atoms with Crippen LogP contribution in [0.1, 0.15) is 51.9 Å². The summed E-state index contributed by atoms with van der Waals surface area (Å²) in [5.74, 6) is 0.473. The highest BCUT2D eigenvalue weighted by Crippen LogP contribution is 2.38. The van der Waals surface area contributed by atoms with E-state index < -0.39 is 0 Å². The number of methoxy groups -OCH3 is 3. The van der Waals surface area contributed by atoms with Crippen molar-refractivity contribution in [3.8, 4) is 17.2 Å². The molecule has 1 heterocycles. The Bertz CT molecular complexity index is 1190. The molecule has 0 atom stereocenters. The van der Waals surface area contributed by atoms with Gasteiger partial charge in [0.1, 0.15) is 0 Å². The van der Waals surface area contributed by atoms with Crippen LogP contribution in [0, 0.1) is 13.8 Å². The topological polar surface area (TPSA) is 104 Å². The number of carbonyl (C=O) groups excluding carboxylic acids is 2. The van der Waals surface area contributed by atoms with Gasteiger partial charge in [-0.25, -0.2) is 0 Å². The first-order chi connectivity index (χ1) is 16.8. The summed E-state index contributed by atoms with van der Waals surface area (Å²) in [5, 5.41) is 10.3. The van der Waals surface area contributed by atoms with Gasteiger partial charge in [-0.1, -0.05) is 19.4 Å². The van der Waals surface area contributed by atoms with Gasteiger partial charge in [-0.3, -0.25) is 14.3 Å². The van der Waals surface area contributed by atoms with E-state index in [1.807, 2.05) is 18.5 Å². The second-order valence-electron chi connectivity index (χ2n) is 8.03. The molecule has 0 spiro atoms. The average molecular weight is 481 g/mol. The molecular formula is C26H32N4O5. The van der Waals surface area contributed by atoms with E-state index in [4.69, 9.17) is 14.2 Å². The minimum absolute atomic E-state index is 0.282. The molecule has 35 heavy (non-hydrogen) atoms. The molecule has 1 aromatic heterocycles. The van der Waals surface area contributed by atoms with Gasteiger partial charge < -0.3 is 24.8 Å². The van der Waals surface area contributed by atoms with Crippen molar-refractivity contribution in [1.82, 2.24) is 9.78 Å². The first-order valence-electron chi connectivity index (χ1n) is 11.4. The van der Waals surface area contributed by atoms with Crippen LogP contribution in [-0.4, -0.2) is 42.9 Å². The van der Waals surface area contributed by atoms with Crippen molar-refractivity contribution in [1.29, 1.82) is 0 Å². The summed E-state index contributed by atoms with van der Waals surface area (Å²) in [6.07, 6.45) is 2.08. The lowest BCUT2D eigenvalue weighted by Gasteiger charge is -2.14. The summed E-state index contributed by atoms with van der Waals surface area (Å²) in [6, 6.07) is 9.87. The van der Waals surface area contributed by atoms with Crippen LogP contribution < -0.4 is 24.8 Å². The third kappa shape index (κ3) is 5.74. The number of hydrogen-bond acceptors (Lipinski definition) is 6. The van der Waals surface area contributed by atoms with E-state index in [2.05, 4.69) is 22.7 Å². The summed E-state index contributed by atoms with van der Waals surface area (Å²) in [7, 11) is 4.46. The van der Waals surface area contributed by atoms with Crippen LogP contribution in [0.5, 0.6) is 17.2 Å². The van der Waals surface area contributed by atoms with Gasteiger partial charge in [0, 0.05) is 23.4 Å². The van der Waals surface area contributed by atoms with Gasteiger partial charge in [-0.05, 0) is 50.6 Å². The van der Waals surface area contributed by atoms with Crippen LogP contribution in [0.2, 0.25) is 0 Å². The number of unbranched alkanes of at least 4 members (excludes halogenated alkanes) is 1. The van der Waals surface area contributed by atoms with Gasteiger partial charge in [-0.15, -0.1) is 0 Å². The number of aryl methyl sites for hydroxylation is 2. The Hall–Kier alpha value is -4.01. The van der Waals surface area contributed by atoms with Gasteiger partial charge in [0.15, 0.2) is 11.5 Å². The van der Waals surface area contributed by atoms with Crippen molar-refractivity contribution in [2.45, 2.75) is 40.2 Å². The van der Waals surface area contributed by atoms with Crippen molar-refractivity contribution in [2.75, 3.05) is 32.0 Å². The molecule has 0 aliphatic carbocycles. The summed E-state index contributed by atoms with van der Waals surface area (Å²) in [4.78, 5) is 25.9. The molecule has 2 aromatic carbocycles. The second kappa shape index (κ2) is 11.4. The number of amides is 2. The smallest absolute Gasteiger partial charge is 0.255 e. The first-order valence-corrected chi connectivity index (χ1v) is 11.4. The zero-order chi connectivity index (χ0) is 25.5. The Balaban J connectivity index is 1.78. The van der Waals surface area contributed by atoms with Gasteiger partial charge >= 0.3 is 0 Å². The molecule has 9 heteroatoms. The monoisotopic (exact) mass is 480 g/mol. The number of rotatable bonds is 10. The van der Waals surface area contributed by atoms with Gasteiger partial charge in [-0.2, -0.15) is 5.10 Å². The SMILES string of the molecule is CCCCn1nc(C)c(NC(=O)c2cccc(NC(=O)c3cc(OC)c(OC)c(OC)c3)c2)c1C. The maximum absolute atomic E-state index is 13.0. The Morgan fingerprint density at radius 2 is 1.57 bits per heavy atom. The zero-order valence-electron chi connectivity index (χ0n) is 21.0. The van der Waals surface area contributed by atoms with Crippen molar-refractivity contribution < 1.29 is 23.8 Å². The average Bonchev–Trinajstić information content (AvgIpc) is 3.13. The Morgan fingerprint density at radius 3 is 2.17 bits per heavy atom. The van der Waals surface area contributed by atoms with Gasteiger partial charge in [0.05, 0.1) is 38.4 Å². The fourth-order valence-electron chi connectivity index (χ4n) is 3.74. The summed E-state index contributed by atoms with van der Waals surface area (Å²) < 4.78 is 17.9. The number of hydrogen-bond donors (Lipinski definition) is 2. The number of nitrogens with one attached hydrogen (secondary N) is 2. The van der Waals surface area contributed by atoms with Gasteiger partial charge in [0.25, 0.3) is 11.8 Å². The summed E-state index contributed by atoms with van der Waals surface area (Å²) in [5.41, 5.74) is 3.59. The molecule has 0 saturated carbocycles. The minimum Gasteiger partial charge on any atom is -0.493 e. The van der Waals surface area contributed by atoms with Crippen LogP contribution in [-0.2, 0) is 6.54 Å². The fraction of sp³-hybridized carbons (Fsp3) is 0.346. The number of aromatic nitrogens is 2. The highest BCUT2D eigenvalue weighted by atomic mass is 16.5. The minimum atomic E-state index is -0.384. The lowest BCUT2D eigenvalue weighted by molar-refractivity contribution is 0.101. The molecule has 0 saturated heterocycles. The van der Waals surface area contributed by atoms with E-state index in [9.17, 15) is 9.59 Å². The number of ether oxygens (including phenoxy) is 3. The molecule has 9 nitrogen and oxygen atoms in total. The van der Waals surface area contributed by atoms with E-state index in [-0.39, 0.29) is 11.8 Å². The van der Waals surface area contributed by atoms with E-state index in [1.54, 1.807) is 36.4 Å². The van der Waals surface area contributed by atoms with E-state index in [0.29, 0.717) is 39.8 Å². The quantitative estimate of drug-likeness (QED) is 0.431. The maximum Gasteiger partial charge on any atom is 0.255 e. The molecule has 3 rings (SSSR count). The predicted octanol–water partition coefficient (Wildman–Crippen LogP) is 4.83. The van der Waals surface area contributed by atoms with Crippen LogP contribution in [0.4, 0.5) is 11.4 Å². The third-order valence-electron chi connectivity index (χ3n) is 5.65. The van der Waals surface area contributed by atoms with Gasteiger partial charge in [0.2, 0.25) is 5.75 Å². The van der Waals surface area contributed by atoms with Crippen LogP contribution in [0.25, 0.3) is 0 Å². The van der Waals surface area contributed by atoms with Crippen LogP contribution in [0.3, 0.4) is 0 Å². The number of anilines is 2. The molecule has 3 aromatic rings. The Morgan fingerprint density at radius 1 is 0.914 bits per heavy atom. The van der Waals surface area contributed by atoms with Crippen molar-refractivity contribution >= 4 is 23.2 Å². The van der Waals surface area contributed by atoms with Crippen molar-refractivity contribution in [3.05, 3.63) is 58.9 Å². The standard InChI is InChI=1S/C26H32N4O5/c1-7-8-12-30-17(3)23(16(2)29-30)28-25(31)18-10-9-11-20(13-18)27-26(32)19-14-21(33-4)24(35-6)22(15-19)34-5/h9-11,13-15H,7-8,12H2,1-6H3,(H,27,32)(H,28,31). The van der Waals surface area contributed by atoms with Crippen molar-refractivity contribution in [2.24, 2.45) is 0 Å². The molecular weight excluding hydrogens is 448 g/mol. The Labute approximate surface area is 205 Å². The normalized spacial score (nSPS) is 10.6. The molecule has 2 N–H and O–H groups in total. The summed E-state index contributed by atoms with van der Waals surface area (Å²) in [6.45, 7) is 6.75. The molecule has 2 amide bonds. The van der Waals surface area contributed by atoms with E-state index in [1.165, 1.54) is 21.3 Å². The predicted molar refractivity (Wildman–Crippen MR) is 135 cm³/mol. The molecule has 0 aliphatic rings. The highest BCUT2D eigenvalue weighted by Gasteiger charge is 2.18. The molecule has 0 unspecified atom stereocenters. The van der Waals surface area contributed by atoms with E-state index in [0.717, 1.165) is 30.8 Å². The first kappa shape index (κ1) is 25.6. The van der Waals surface area contributed by atoms with Crippen LogP contribution >= 0.6 is 0 Å². The lowest BCUT2D eigenvalue weighted by Crippen LogP contribution is -2.15. The van der Waals surface area contributed by atoms with Crippen molar-refractivity contribution in [3.63, 3.8) is 0 Å². The molecule has 0 radical (unpaired) electrons. The van der Waals surface area contributed by atoms with Crippen LogP contribution in [0.15, 0.2) is 36.4 Å². The highest BCUT2D eigenvalue weighted by molar-refractivity contribution is 6.08. The number of carbonyl (C=O) groups is 2.